The molecule has 1 aromatic heterocycles. The van der Waals surface area contributed by atoms with Crippen LogP contribution in [0.5, 0.6) is 5.75 Å². The van der Waals surface area contributed by atoms with Gasteiger partial charge in [-0.05, 0) is 24.6 Å². The highest BCUT2D eigenvalue weighted by Crippen LogP contribution is 2.23. The van der Waals surface area contributed by atoms with Crippen LogP contribution in [0.25, 0.3) is 0 Å². The van der Waals surface area contributed by atoms with E-state index in [2.05, 4.69) is 15.0 Å². The lowest BCUT2D eigenvalue weighted by Crippen LogP contribution is -2.22. The predicted octanol–water partition coefficient (Wildman–Crippen LogP) is 2.86. The van der Waals surface area contributed by atoms with E-state index in [4.69, 9.17) is 5.73 Å². The molecule has 5 nitrogen and oxygen atoms in total. The van der Waals surface area contributed by atoms with Gasteiger partial charge in [-0.25, -0.2) is 4.98 Å². The summed E-state index contributed by atoms with van der Waals surface area (Å²) in [7, 11) is 0. The normalized spacial score (nSPS) is 11.3. The Morgan fingerprint density at radius 2 is 2.18 bits per heavy atom. The van der Waals surface area contributed by atoms with Crippen molar-refractivity contribution in [1.82, 2.24) is 10.3 Å². The first-order chi connectivity index (χ1) is 10.2. The molecule has 2 aromatic rings. The number of anilines is 1. The molecule has 0 aliphatic heterocycles. The zero-order valence-corrected chi connectivity index (χ0v) is 12.2. The number of nitrogens with one attached hydrogen (secondary N) is 1. The summed E-state index contributed by atoms with van der Waals surface area (Å²) < 4.78 is 40.3. The maximum atomic E-state index is 12.1. The number of rotatable bonds is 4. The van der Waals surface area contributed by atoms with Crippen LogP contribution in [-0.2, 0) is 6.54 Å². The van der Waals surface area contributed by atoms with Gasteiger partial charge in [0.2, 0.25) is 0 Å². The Labute approximate surface area is 127 Å². The number of hydrogen-bond acceptors (Lipinski definition) is 5. The van der Waals surface area contributed by atoms with Crippen LogP contribution in [0.2, 0.25) is 0 Å². The van der Waals surface area contributed by atoms with Gasteiger partial charge in [0.1, 0.15) is 10.6 Å². The number of carbonyl (C=O) groups excluding carboxylic acids is 1. The molecule has 118 valence electrons. The second kappa shape index (κ2) is 6.22. The molecule has 1 aromatic carbocycles. The minimum Gasteiger partial charge on any atom is -0.406 e. The Balaban J connectivity index is 2.01. The molecule has 9 heteroatoms. The maximum Gasteiger partial charge on any atom is 0.573 e. The highest BCUT2D eigenvalue weighted by atomic mass is 32.1. The summed E-state index contributed by atoms with van der Waals surface area (Å²) in [6.07, 6.45) is -4.75. The van der Waals surface area contributed by atoms with Crippen LogP contribution in [0, 0.1) is 6.92 Å². The van der Waals surface area contributed by atoms with E-state index in [0.29, 0.717) is 16.1 Å². The fourth-order valence-electron chi connectivity index (χ4n) is 1.74. The summed E-state index contributed by atoms with van der Waals surface area (Å²) in [5, 5.41) is 2.88. The largest absolute Gasteiger partial charge is 0.573 e. The van der Waals surface area contributed by atoms with E-state index in [1.165, 1.54) is 18.2 Å². The van der Waals surface area contributed by atoms with Crippen LogP contribution in [0.4, 0.5) is 18.3 Å². The predicted molar refractivity (Wildman–Crippen MR) is 75.6 cm³/mol. The molecule has 0 radical (unpaired) electrons. The number of ether oxygens (including phenoxy) is 1. The Hall–Kier alpha value is -2.29. The molecular weight excluding hydrogens is 319 g/mol. The van der Waals surface area contributed by atoms with Crippen LogP contribution < -0.4 is 15.8 Å². The molecule has 0 unspecified atom stereocenters. The molecule has 3 N–H and O–H groups in total. The highest BCUT2D eigenvalue weighted by molar-refractivity contribution is 7.17. The third-order valence-electron chi connectivity index (χ3n) is 2.60. The number of nitrogens with zero attached hydrogens (tertiary/aromatic N) is 1. The van der Waals surface area contributed by atoms with E-state index in [1.54, 1.807) is 13.0 Å². The van der Waals surface area contributed by atoms with Gasteiger partial charge in [0.25, 0.3) is 5.91 Å². The van der Waals surface area contributed by atoms with Crippen molar-refractivity contribution in [3.05, 3.63) is 40.4 Å². The average Bonchev–Trinajstić information content (AvgIpc) is 2.73. The van der Waals surface area contributed by atoms with E-state index in [1.807, 2.05) is 0 Å². The van der Waals surface area contributed by atoms with Crippen molar-refractivity contribution in [3.63, 3.8) is 0 Å². The lowest BCUT2D eigenvalue weighted by molar-refractivity contribution is -0.274. The van der Waals surface area contributed by atoms with Gasteiger partial charge in [0, 0.05) is 6.54 Å². The van der Waals surface area contributed by atoms with Crippen molar-refractivity contribution in [1.29, 1.82) is 0 Å². The standard InChI is InChI=1S/C13H12F3N3O2S/c1-7-10(22-12(17)19-7)11(20)18-6-8-3-2-4-9(5-8)21-13(14,15)16/h2-5H,6H2,1H3,(H2,17,19)(H,18,20). The first-order valence-electron chi connectivity index (χ1n) is 6.10. The zero-order valence-electron chi connectivity index (χ0n) is 11.4. The van der Waals surface area contributed by atoms with Gasteiger partial charge in [-0.3, -0.25) is 4.79 Å². The Morgan fingerprint density at radius 1 is 1.45 bits per heavy atom. The van der Waals surface area contributed by atoms with Crippen LogP contribution in [0.15, 0.2) is 24.3 Å². The number of aryl methyl sites for hydroxylation is 1. The minimum atomic E-state index is -4.75. The lowest BCUT2D eigenvalue weighted by Gasteiger charge is -2.10. The lowest BCUT2D eigenvalue weighted by atomic mass is 10.2. The monoisotopic (exact) mass is 331 g/mol. The zero-order chi connectivity index (χ0) is 16.3. The van der Waals surface area contributed by atoms with E-state index in [-0.39, 0.29) is 23.3 Å². The third kappa shape index (κ3) is 4.35. The summed E-state index contributed by atoms with van der Waals surface area (Å²) in [4.78, 5) is 16.3. The molecule has 2 rings (SSSR count). The first kappa shape index (κ1) is 16.1. The number of amides is 1. The Kier molecular flexibility index (Phi) is 4.55. The van der Waals surface area contributed by atoms with E-state index >= 15 is 0 Å². The molecule has 0 saturated carbocycles. The topological polar surface area (TPSA) is 77.2 Å². The Bertz CT molecular complexity index is 685. The molecule has 0 atom stereocenters. The van der Waals surface area contributed by atoms with Crippen molar-refractivity contribution in [3.8, 4) is 5.75 Å². The second-order valence-corrected chi connectivity index (χ2v) is 5.38. The summed E-state index contributed by atoms with van der Waals surface area (Å²) in [5.74, 6) is -0.716. The van der Waals surface area contributed by atoms with Gasteiger partial charge < -0.3 is 15.8 Å². The molecule has 0 aliphatic carbocycles. The van der Waals surface area contributed by atoms with Crippen molar-refractivity contribution in [2.75, 3.05) is 5.73 Å². The van der Waals surface area contributed by atoms with Gasteiger partial charge in [-0.15, -0.1) is 13.2 Å². The number of aromatic nitrogens is 1. The number of benzene rings is 1. The third-order valence-corrected chi connectivity index (χ3v) is 3.59. The first-order valence-corrected chi connectivity index (χ1v) is 6.92. The SMILES string of the molecule is Cc1nc(N)sc1C(=O)NCc1cccc(OC(F)(F)F)c1. The van der Waals surface area contributed by atoms with Gasteiger partial charge in [0.05, 0.1) is 5.69 Å². The fourth-order valence-corrected chi connectivity index (χ4v) is 2.49. The highest BCUT2D eigenvalue weighted by Gasteiger charge is 2.31. The quantitative estimate of drug-likeness (QED) is 0.903. The Morgan fingerprint density at radius 3 is 2.77 bits per heavy atom. The molecule has 0 bridgehead atoms. The van der Waals surface area contributed by atoms with Crippen molar-refractivity contribution < 1.29 is 22.7 Å². The number of nitrogen functional groups attached to an aromatic ring is 1. The molecule has 0 aliphatic rings. The van der Waals surface area contributed by atoms with E-state index in [0.717, 1.165) is 11.3 Å². The summed E-state index contributed by atoms with van der Waals surface area (Å²) in [6, 6.07) is 5.39. The fraction of sp³-hybridized carbons (Fsp3) is 0.231. The summed E-state index contributed by atoms with van der Waals surface area (Å²) in [5.41, 5.74) is 6.49. The summed E-state index contributed by atoms with van der Waals surface area (Å²) >= 11 is 1.05. The molecule has 0 spiro atoms. The van der Waals surface area contributed by atoms with Crippen molar-refractivity contribution >= 4 is 22.4 Å². The smallest absolute Gasteiger partial charge is 0.406 e. The molecule has 0 saturated heterocycles. The summed E-state index contributed by atoms with van der Waals surface area (Å²) in [6.45, 7) is 1.71. The van der Waals surface area contributed by atoms with Crippen molar-refractivity contribution in [2.24, 2.45) is 0 Å². The maximum absolute atomic E-state index is 12.1. The van der Waals surface area contributed by atoms with Gasteiger partial charge in [0.15, 0.2) is 5.13 Å². The number of carbonyl (C=O) groups is 1. The molecule has 0 fully saturated rings. The van der Waals surface area contributed by atoms with Crippen LogP contribution in [-0.4, -0.2) is 17.3 Å². The number of hydrogen-bond donors (Lipinski definition) is 2. The van der Waals surface area contributed by atoms with Crippen LogP contribution >= 0.6 is 11.3 Å². The number of thiazole rings is 1. The average molecular weight is 331 g/mol. The van der Waals surface area contributed by atoms with Gasteiger partial charge in [-0.2, -0.15) is 0 Å². The van der Waals surface area contributed by atoms with Crippen LogP contribution in [0.1, 0.15) is 20.9 Å². The van der Waals surface area contributed by atoms with Gasteiger partial charge >= 0.3 is 6.36 Å². The van der Waals surface area contributed by atoms with Crippen LogP contribution in [0.3, 0.4) is 0 Å². The number of halogens is 3. The van der Waals surface area contributed by atoms with E-state index in [9.17, 15) is 18.0 Å². The molecular formula is C13H12F3N3O2S. The van der Waals surface area contributed by atoms with Gasteiger partial charge in [-0.1, -0.05) is 23.5 Å². The second-order valence-electron chi connectivity index (χ2n) is 4.34. The van der Waals surface area contributed by atoms with Crippen molar-refractivity contribution in [2.45, 2.75) is 19.8 Å². The molecule has 22 heavy (non-hydrogen) atoms. The number of nitrogens with two attached hydrogens (primary N) is 1. The molecule has 1 heterocycles. The molecule has 1 amide bonds. The number of alkyl halides is 3. The minimum absolute atomic E-state index is 0.0607. The van der Waals surface area contributed by atoms with E-state index < -0.39 is 6.36 Å².